The molecule has 4 rings (SSSR count). The molecule has 0 bridgehead atoms. The van der Waals surface area contributed by atoms with E-state index < -0.39 is 5.72 Å². The second-order valence-corrected chi connectivity index (χ2v) is 7.03. The standard InChI is InChI=1S/C23H23NO2/c1-4-18-10-11-22-19(15-18)14-16(2)23(26-22)17(3)20-8-5-6-9-21(20)24(23)12-7-13-25/h1,5-6,8-11,14-15,17,25H,7,12-13H2,2-3H3. The zero-order valence-electron chi connectivity index (χ0n) is 15.2. The van der Waals surface area contributed by atoms with E-state index in [1.165, 1.54) is 11.3 Å². The van der Waals surface area contributed by atoms with Gasteiger partial charge in [0.25, 0.3) is 0 Å². The Labute approximate surface area is 154 Å². The van der Waals surface area contributed by atoms with E-state index in [2.05, 4.69) is 55.0 Å². The first kappa shape index (κ1) is 16.8. The summed E-state index contributed by atoms with van der Waals surface area (Å²) in [4.78, 5) is 2.31. The molecule has 2 aliphatic rings. The quantitative estimate of drug-likeness (QED) is 0.848. The van der Waals surface area contributed by atoms with Crippen molar-refractivity contribution in [2.45, 2.75) is 31.9 Å². The molecule has 132 valence electrons. The number of nitrogens with zero attached hydrogens (tertiary/aromatic N) is 1. The van der Waals surface area contributed by atoms with Crippen molar-refractivity contribution in [2.24, 2.45) is 0 Å². The van der Waals surface area contributed by atoms with Gasteiger partial charge in [-0.05, 0) is 54.8 Å². The van der Waals surface area contributed by atoms with Gasteiger partial charge in [-0.1, -0.05) is 31.0 Å². The van der Waals surface area contributed by atoms with Crippen LogP contribution in [0.4, 0.5) is 5.69 Å². The summed E-state index contributed by atoms with van der Waals surface area (Å²) < 4.78 is 6.70. The molecule has 26 heavy (non-hydrogen) atoms. The zero-order chi connectivity index (χ0) is 18.3. The summed E-state index contributed by atoms with van der Waals surface area (Å²) in [6.45, 7) is 5.24. The monoisotopic (exact) mass is 345 g/mol. The van der Waals surface area contributed by atoms with Crippen LogP contribution in [0.5, 0.6) is 5.75 Å². The summed E-state index contributed by atoms with van der Waals surface area (Å²) in [7, 11) is 0. The molecule has 2 atom stereocenters. The van der Waals surface area contributed by atoms with Gasteiger partial charge in [0.1, 0.15) is 5.75 Å². The molecule has 2 aliphatic heterocycles. The van der Waals surface area contributed by atoms with Crippen LogP contribution in [-0.4, -0.2) is 24.0 Å². The molecule has 0 saturated carbocycles. The van der Waals surface area contributed by atoms with Gasteiger partial charge in [-0.25, -0.2) is 0 Å². The average Bonchev–Trinajstić information content (AvgIpc) is 2.90. The molecule has 2 aromatic carbocycles. The first-order valence-electron chi connectivity index (χ1n) is 9.07. The lowest BCUT2D eigenvalue weighted by Gasteiger charge is -2.46. The molecule has 0 radical (unpaired) electrons. The molecule has 0 fully saturated rings. The summed E-state index contributed by atoms with van der Waals surface area (Å²) >= 11 is 0. The van der Waals surface area contributed by atoms with Crippen LogP contribution < -0.4 is 9.64 Å². The molecule has 0 amide bonds. The maximum absolute atomic E-state index is 9.41. The van der Waals surface area contributed by atoms with Crippen LogP contribution in [0.25, 0.3) is 6.08 Å². The Morgan fingerprint density at radius 3 is 2.85 bits per heavy atom. The van der Waals surface area contributed by atoms with Crippen LogP contribution in [0.2, 0.25) is 0 Å². The van der Waals surface area contributed by atoms with Gasteiger partial charge < -0.3 is 14.7 Å². The van der Waals surface area contributed by atoms with Crippen molar-refractivity contribution in [1.82, 2.24) is 0 Å². The molecule has 1 spiro atoms. The van der Waals surface area contributed by atoms with Crippen molar-refractivity contribution in [3.8, 4) is 18.1 Å². The minimum absolute atomic E-state index is 0.161. The molecule has 0 aliphatic carbocycles. The summed E-state index contributed by atoms with van der Waals surface area (Å²) in [5.41, 5.74) is 4.93. The number of hydrogen-bond donors (Lipinski definition) is 1. The smallest absolute Gasteiger partial charge is 0.212 e. The van der Waals surface area contributed by atoms with E-state index in [0.29, 0.717) is 6.42 Å². The Balaban J connectivity index is 1.86. The molecule has 2 heterocycles. The van der Waals surface area contributed by atoms with Gasteiger partial charge in [0.15, 0.2) is 0 Å². The number of aliphatic hydroxyl groups is 1. The Hall–Kier alpha value is -2.70. The number of ether oxygens (including phenoxy) is 1. The van der Waals surface area contributed by atoms with E-state index in [9.17, 15) is 5.11 Å². The summed E-state index contributed by atoms with van der Waals surface area (Å²) in [5, 5.41) is 9.41. The first-order valence-corrected chi connectivity index (χ1v) is 9.07. The van der Waals surface area contributed by atoms with E-state index in [1.807, 2.05) is 18.2 Å². The summed E-state index contributed by atoms with van der Waals surface area (Å²) in [6.07, 6.45) is 8.43. The number of fused-ring (bicyclic) bond motifs is 2. The van der Waals surface area contributed by atoms with Gasteiger partial charge in [-0.15, -0.1) is 6.42 Å². The van der Waals surface area contributed by atoms with E-state index in [1.54, 1.807) is 0 Å². The number of hydrogen-bond acceptors (Lipinski definition) is 3. The lowest BCUT2D eigenvalue weighted by atomic mass is 9.85. The highest BCUT2D eigenvalue weighted by atomic mass is 16.5. The molecule has 2 unspecified atom stereocenters. The van der Waals surface area contributed by atoms with Crippen molar-refractivity contribution in [2.75, 3.05) is 18.1 Å². The van der Waals surface area contributed by atoms with E-state index in [0.717, 1.165) is 29.0 Å². The number of aliphatic hydroxyl groups excluding tert-OH is 1. The largest absolute Gasteiger partial charge is 0.463 e. The van der Waals surface area contributed by atoms with Crippen molar-refractivity contribution < 1.29 is 9.84 Å². The number of terminal acetylenes is 1. The SMILES string of the molecule is C#Cc1ccc2c(c1)C=C(C)C1(O2)C(C)c2ccccc2N1CCCO. The summed E-state index contributed by atoms with van der Waals surface area (Å²) in [6, 6.07) is 14.3. The van der Waals surface area contributed by atoms with Crippen LogP contribution in [-0.2, 0) is 0 Å². The molecule has 3 nitrogen and oxygen atoms in total. The molecular weight excluding hydrogens is 322 g/mol. The molecular formula is C23H23NO2. The van der Waals surface area contributed by atoms with E-state index >= 15 is 0 Å². The predicted molar refractivity (Wildman–Crippen MR) is 105 cm³/mol. The van der Waals surface area contributed by atoms with Crippen molar-refractivity contribution >= 4 is 11.8 Å². The van der Waals surface area contributed by atoms with Gasteiger partial charge in [0.05, 0.1) is 0 Å². The fourth-order valence-corrected chi connectivity index (χ4v) is 4.36. The second kappa shape index (κ2) is 6.23. The van der Waals surface area contributed by atoms with Crippen molar-refractivity contribution in [3.63, 3.8) is 0 Å². The summed E-state index contributed by atoms with van der Waals surface area (Å²) in [5.74, 6) is 3.71. The highest BCUT2D eigenvalue weighted by Gasteiger charge is 2.54. The minimum Gasteiger partial charge on any atom is -0.463 e. The number of para-hydroxylation sites is 1. The van der Waals surface area contributed by atoms with Crippen molar-refractivity contribution in [1.29, 1.82) is 0 Å². The maximum Gasteiger partial charge on any atom is 0.212 e. The van der Waals surface area contributed by atoms with Gasteiger partial charge >= 0.3 is 0 Å². The highest BCUT2D eigenvalue weighted by Crippen LogP contribution is 2.54. The topological polar surface area (TPSA) is 32.7 Å². The third-order valence-corrected chi connectivity index (χ3v) is 5.60. The molecule has 0 saturated heterocycles. The van der Waals surface area contributed by atoms with Gasteiger partial charge in [-0.2, -0.15) is 0 Å². The van der Waals surface area contributed by atoms with Gasteiger partial charge in [0, 0.05) is 35.9 Å². The van der Waals surface area contributed by atoms with Crippen LogP contribution in [0.3, 0.4) is 0 Å². The number of benzene rings is 2. The number of rotatable bonds is 3. The highest BCUT2D eigenvalue weighted by molar-refractivity contribution is 5.73. The Kier molecular flexibility index (Phi) is 4.01. The van der Waals surface area contributed by atoms with Crippen LogP contribution in [0, 0.1) is 12.3 Å². The average molecular weight is 345 g/mol. The molecule has 2 aromatic rings. The molecule has 3 heteroatoms. The Morgan fingerprint density at radius 2 is 2.08 bits per heavy atom. The van der Waals surface area contributed by atoms with E-state index in [-0.39, 0.29) is 12.5 Å². The van der Waals surface area contributed by atoms with Crippen LogP contribution in [0.15, 0.2) is 48.0 Å². The maximum atomic E-state index is 9.41. The lowest BCUT2D eigenvalue weighted by molar-refractivity contribution is 0.0842. The molecule has 1 N–H and O–H groups in total. The fourth-order valence-electron chi connectivity index (χ4n) is 4.36. The van der Waals surface area contributed by atoms with Gasteiger partial charge in [-0.3, -0.25) is 0 Å². The normalized spacial score (nSPS) is 23.1. The minimum atomic E-state index is -0.566. The Bertz CT molecular complexity index is 924. The first-order chi connectivity index (χ1) is 12.6. The van der Waals surface area contributed by atoms with Gasteiger partial charge in [0.2, 0.25) is 5.72 Å². The van der Waals surface area contributed by atoms with E-state index in [4.69, 9.17) is 11.2 Å². The second-order valence-electron chi connectivity index (χ2n) is 7.03. The third kappa shape index (κ3) is 2.26. The predicted octanol–water partition coefficient (Wildman–Crippen LogP) is 4.17. The lowest BCUT2D eigenvalue weighted by Crippen LogP contribution is -2.55. The Morgan fingerprint density at radius 1 is 1.27 bits per heavy atom. The van der Waals surface area contributed by atoms with Crippen molar-refractivity contribution in [3.05, 3.63) is 64.7 Å². The fraction of sp³-hybridized carbons (Fsp3) is 0.304. The van der Waals surface area contributed by atoms with Crippen LogP contribution >= 0.6 is 0 Å². The van der Waals surface area contributed by atoms with Crippen LogP contribution in [0.1, 0.15) is 42.9 Å². The third-order valence-electron chi connectivity index (χ3n) is 5.60. The molecule has 0 aromatic heterocycles. The number of anilines is 1. The zero-order valence-corrected chi connectivity index (χ0v) is 15.2.